The third-order valence-electron chi connectivity index (χ3n) is 16.3. The van der Waals surface area contributed by atoms with E-state index in [2.05, 4.69) is 158 Å². The second-order valence-corrected chi connectivity index (χ2v) is 32.1. The maximum Gasteiger partial charge on any atom is 0.240 e. The Morgan fingerprint density at radius 3 is 0.682 bits per heavy atom. The summed E-state index contributed by atoms with van der Waals surface area (Å²) in [6, 6.07) is 43.0. The average Bonchev–Trinajstić information content (AvgIpc) is 0.884. The Morgan fingerprint density at radius 2 is 0.447 bits per heavy atom. The molecule has 0 saturated heterocycles. The van der Waals surface area contributed by atoms with Gasteiger partial charge < -0.3 is 38.7 Å². The second kappa shape index (κ2) is 71.3. The summed E-state index contributed by atoms with van der Waals surface area (Å²) in [4.78, 5) is 152. The molecular weight excluding hydrogens is 2090 g/mol. The molecule has 0 radical (unpaired) electrons. The summed E-state index contributed by atoms with van der Waals surface area (Å²) in [5, 5.41) is 32.0. The molecule has 8 rings (SSSR count). The predicted octanol–water partition coefficient (Wildman–Crippen LogP) is 26.7. The van der Waals surface area contributed by atoms with E-state index < -0.39 is 0 Å². The molecule has 32 nitrogen and oxygen atoms in total. The second-order valence-electron chi connectivity index (χ2n) is 27.3. The van der Waals surface area contributed by atoms with Crippen LogP contribution < -0.4 is 0 Å². The molecule has 0 heterocycles. The molecule has 0 unspecified atom stereocenters. The third kappa shape index (κ3) is 49.5. The van der Waals surface area contributed by atoms with Gasteiger partial charge in [0, 0.05) is 70.6 Å². The lowest BCUT2D eigenvalue weighted by molar-refractivity contribution is 0.129. The Bertz CT molecular complexity index is 5040. The molecule has 132 heavy (non-hydrogen) atoms. The first kappa shape index (κ1) is 118. The molecule has 0 aliphatic rings. The van der Waals surface area contributed by atoms with Crippen molar-refractivity contribution < 1.29 is 77.1 Å². The molecule has 0 aromatic heterocycles. The van der Waals surface area contributed by atoms with E-state index in [0.29, 0.717) is 93.1 Å². The molecule has 0 saturated carbocycles. The fraction of sp³-hybridized carbons (Fsp3) is 0.319. The van der Waals surface area contributed by atoms with Crippen LogP contribution >= 0.6 is 100 Å². The van der Waals surface area contributed by atoms with Crippen LogP contribution in [0.2, 0.25) is 10.0 Å². The molecule has 0 atom stereocenters. The average molecular weight is 2200 g/mol. The van der Waals surface area contributed by atoms with E-state index in [1.165, 1.54) is 36.5 Å². The Balaban J connectivity index is 0.000000754. The van der Waals surface area contributed by atoms with Crippen LogP contribution in [0.15, 0.2) is 236 Å². The van der Waals surface area contributed by atoms with Crippen molar-refractivity contribution in [2.45, 2.75) is 203 Å². The minimum Gasteiger partial charge on any atom is -0.391 e. The van der Waals surface area contributed by atoms with Crippen LogP contribution in [0.25, 0.3) is 0 Å². The van der Waals surface area contributed by atoms with Crippen LogP contribution in [0, 0.1) is 21.0 Å². The number of halogens is 6. The smallest absolute Gasteiger partial charge is 0.240 e. The van der Waals surface area contributed by atoms with Crippen molar-refractivity contribution in [3.63, 3.8) is 0 Å². The van der Waals surface area contributed by atoms with Gasteiger partial charge in [-0.3, -0.25) is 0 Å². The minimum absolute atomic E-state index is 0.172. The van der Waals surface area contributed by atoms with Gasteiger partial charge in [-0.25, -0.2) is 38.4 Å². The van der Waals surface area contributed by atoms with Gasteiger partial charge >= 0.3 is 0 Å². The molecule has 0 bridgehead atoms. The van der Waals surface area contributed by atoms with Crippen molar-refractivity contribution in [3.05, 3.63) is 227 Å². The van der Waals surface area contributed by atoms with Crippen LogP contribution in [0.1, 0.15) is 192 Å². The van der Waals surface area contributed by atoms with Crippen molar-refractivity contribution in [3.8, 4) is 0 Å². The summed E-state index contributed by atoms with van der Waals surface area (Å²) in [6.45, 7) is 36.3. The summed E-state index contributed by atoms with van der Waals surface area (Å²) in [6.07, 6.45) is 15.5. The van der Waals surface area contributed by atoms with E-state index in [9.17, 15) is 38.4 Å². The van der Waals surface area contributed by atoms with Crippen molar-refractivity contribution in [2.75, 3.05) is 0 Å². The molecule has 696 valence electrons. The number of aliphatic imine (C=N–C) groups is 8. The topological polar surface area (TPSA) is 408 Å². The van der Waals surface area contributed by atoms with E-state index in [1.807, 2.05) is 185 Å². The SMILES string of the molecule is CC(C)=NOCc1c(Br)cccc1N=C=O.CC(C)=NOCc1c(C)cccc1N=C=O.CC(C)=NOCc1c(Cl)cccc1N=C=O.CC(C)=NOCc1c(I)cccc1N=C=O.CCC(C)=NOCc1c(Br)cccc1N=C=O.CCC(C)=NOCc1c(C)cccc1N=C=O.CCC(C)=NOCc1c(Cl)cccc1N=C=O.CCC(C)=NOCc1c(I)cccc1N=C=O. The maximum absolute atomic E-state index is 10.3. The first-order chi connectivity index (χ1) is 63.3. The highest BCUT2D eigenvalue weighted by Crippen LogP contribution is 2.33. The first-order valence-corrected chi connectivity index (χ1v) is 44.4. The number of benzene rings is 8. The molecule has 0 spiro atoms. The number of carbonyl (C=O) groups excluding carboxylic acids is 8. The summed E-state index contributed by atoms with van der Waals surface area (Å²) in [7, 11) is 0. The number of oxime groups is 8. The number of rotatable bonds is 36. The summed E-state index contributed by atoms with van der Waals surface area (Å²) < 4.78 is 3.63. The van der Waals surface area contributed by atoms with Crippen molar-refractivity contribution >= 4 is 240 Å². The van der Waals surface area contributed by atoms with Crippen molar-refractivity contribution in [1.82, 2.24) is 0 Å². The highest BCUT2D eigenvalue weighted by molar-refractivity contribution is 14.1. The van der Waals surface area contributed by atoms with Crippen LogP contribution in [0.4, 0.5) is 45.5 Å². The van der Waals surface area contributed by atoms with Gasteiger partial charge in [0.05, 0.1) is 91.2 Å². The largest absolute Gasteiger partial charge is 0.391 e. The maximum atomic E-state index is 10.3. The highest BCUT2D eigenvalue weighted by Gasteiger charge is 2.14. The lowest BCUT2D eigenvalue weighted by atomic mass is 10.1. The summed E-state index contributed by atoms with van der Waals surface area (Å²) in [5.41, 5.74) is 19.5. The zero-order chi connectivity index (χ0) is 98.6. The van der Waals surface area contributed by atoms with E-state index in [0.717, 1.165) is 132 Å². The van der Waals surface area contributed by atoms with Gasteiger partial charge in [0.2, 0.25) is 48.6 Å². The number of hydrogen-bond donors (Lipinski definition) is 0. The zero-order valence-electron chi connectivity index (χ0n) is 76.3. The lowest BCUT2D eigenvalue weighted by Crippen LogP contribution is -1.95. The number of isocyanates is 8. The number of nitrogens with zero attached hydrogens (tertiary/aromatic N) is 16. The fourth-order valence-electron chi connectivity index (χ4n) is 9.11. The van der Waals surface area contributed by atoms with Gasteiger partial charge in [0.25, 0.3) is 0 Å². The van der Waals surface area contributed by atoms with Crippen molar-refractivity contribution in [1.29, 1.82) is 0 Å². The normalized spacial score (nSPS) is 10.1. The molecule has 0 amide bonds. The minimum atomic E-state index is 0.172. The van der Waals surface area contributed by atoms with E-state index in [4.69, 9.17) is 61.9 Å². The third-order valence-corrected chi connectivity index (χ3v) is 20.5. The quantitative estimate of drug-likeness (QED) is 0.0152. The van der Waals surface area contributed by atoms with Gasteiger partial charge in [-0.05, 0) is 264 Å². The molecule has 0 aliphatic carbocycles. The number of aryl methyl sites for hydroxylation is 2. The van der Waals surface area contributed by atoms with Crippen molar-refractivity contribution in [2.24, 2.45) is 81.2 Å². The highest BCUT2D eigenvalue weighted by atomic mass is 127. The molecule has 0 fully saturated rings. The summed E-state index contributed by atoms with van der Waals surface area (Å²) >= 11 is 23.0. The molecule has 8 aromatic carbocycles. The Hall–Kier alpha value is -12.4. The van der Waals surface area contributed by atoms with Crippen LogP contribution in [0.5, 0.6) is 0 Å². The monoisotopic (exact) mass is 2190 g/mol. The fourth-order valence-corrected chi connectivity index (χ4v) is 11.8. The standard InChI is InChI=1S/C13H16N2O2.C12H13BrN2O2.C12H13ClN2O2.C12H13IN2O2.C12H14N2O2.C11H11BrN2O2.C11H11ClN2O2.C11H11IN2O2/c1-4-11(3)15-17-8-12-10(2)6-5-7-13(12)14-9-16;3*1-3-9(2)15-17-7-10-11(13)5-4-6-12(10)14-8-16;1-9(2)14-16-7-11-10(3)5-4-6-12(11)13-8-15;3*1-8(2)14-16-6-9-10(12)4-3-5-11(9)13-7-15/h5-7H,4,8H2,1-3H3;3*4-6H,3,7H2,1-2H3;4-6H,7H2,1-3H3;3*3-5H,6H2,1-2H3. The lowest BCUT2D eigenvalue weighted by Gasteiger charge is -2.07. The Kier molecular flexibility index (Phi) is 63.5. The summed E-state index contributed by atoms with van der Waals surface area (Å²) in [5.74, 6) is 0. The van der Waals surface area contributed by atoms with E-state index >= 15 is 0 Å². The molecule has 0 aliphatic heterocycles. The molecular formula is C94H102Br2Cl2I2N16O16. The first-order valence-electron chi connectivity index (χ1n) is 39.9. The van der Waals surface area contributed by atoms with Crippen LogP contribution in [-0.4, -0.2) is 94.3 Å². The van der Waals surface area contributed by atoms with Crippen LogP contribution in [0.3, 0.4) is 0 Å². The molecule has 0 N–H and O–H groups in total. The zero-order valence-corrected chi connectivity index (χ0v) is 85.3. The van der Waals surface area contributed by atoms with E-state index in [1.54, 1.807) is 97.1 Å². The van der Waals surface area contributed by atoms with Gasteiger partial charge in [0.15, 0.2) is 0 Å². The Morgan fingerprint density at radius 1 is 0.265 bits per heavy atom. The predicted molar refractivity (Wildman–Crippen MR) is 541 cm³/mol. The van der Waals surface area contributed by atoms with Crippen LogP contribution in [-0.2, 0) is 130 Å². The van der Waals surface area contributed by atoms with E-state index in [-0.39, 0.29) is 26.4 Å². The Labute approximate surface area is 822 Å². The molecule has 38 heteroatoms. The molecule has 8 aromatic rings. The van der Waals surface area contributed by atoms with Gasteiger partial charge in [-0.2, -0.15) is 39.9 Å². The van der Waals surface area contributed by atoms with Gasteiger partial charge in [-0.1, -0.05) is 185 Å². The van der Waals surface area contributed by atoms with Gasteiger partial charge in [-0.15, -0.1) is 0 Å². The number of hydrogen-bond acceptors (Lipinski definition) is 32. The van der Waals surface area contributed by atoms with Gasteiger partial charge in [0.1, 0.15) is 52.9 Å².